The van der Waals surface area contributed by atoms with E-state index in [1.54, 1.807) is 12.3 Å². The quantitative estimate of drug-likeness (QED) is 0.358. The molecule has 8 nitrogen and oxygen atoms in total. The number of hydrazone groups is 1. The lowest BCUT2D eigenvalue weighted by Gasteiger charge is -2.27. The van der Waals surface area contributed by atoms with Crippen molar-refractivity contribution in [2.24, 2.45) is 5.10 Å². The Morgan fingerprint density at radius 3 is 2.53 bits per heavy atom. The minimum Gasteiger partial charge on any atom is -0.378 e. The smallest absolute Gasteiger partial charge is 0.273 e. The fourth-order valence-electron chi connectivity index (χ4n) is 4.17. The van der Waals surface area contributed by atoms with Gasteiger partial charge < -0.3 is 18.8 Å². The van der Waals surface area contributed by atoms with Crippen LogP contribution < -0.4 is 5.43 Å². The molecule has 2 aromatic heterocycles. The van der Waals surface area contributed by atoms with Gasteiger partial charge in [0.15, 0.2) is 0 Å². The van der Waals surface area contributed by atoms with Crippen molar-refractivity contribution in [2.75, 3.05) is 26.3 Å². The zero-order chi connectivity index (χ0) is 23.3. The van der Waals surface area contributed by atoms with Crippen molar-refractivity contribution in [3.63, 3.8) is 0 Å². The summed E-state index contributed by atoms with van der Waals surface area (Å²) < 4.78 is 9.16. The predicted octanol–water partition coefficient (Wildman–Crippen LogP) is 3.05. The normalized spacial score (nSPS) is 14.1. The van der Waals surface area contributed by atoms with Crippen molar-refractivity contribution < 1.29 is 14.3 Å². The molecule has 1 aliphatic heterocycles. The monoisotopic (exact) mass is 455 g/mol. The van der Waals surface area contributed by atoms with Gasteiger partial charge in [0, 0.05) is 48.1 Å². The third kappa shape index (κ3) is 4.49. The van der Waals surface area contributed by atoms with Crippen LogP contribution in [0.1, 0.15) is 15.9 Å². The van der Waals surface area contributed by atoms with Crippen molar-refractivity contribution in [3.8, 4) is 5.69 Å². The Balaban J connectivity index is 1.34. The molecule has 8 heteroatoms. The number of benzene rings is 2. The zero-order valence-electron chi connectivity index (χ0n) is 18.6. The van der Waals surface area contributed by atoms with E-state index >= 15 is 0 Å². The molecule has 0 saturated carbocycles. The molecule has 0 unspecified atom stereocenters. The molecule has 0 atom stereocenters. The number of morpholine rings is 1. The number of carbonyl (C=O) groups is 2. The Hall–Kier alpha value is -4.17. The van der Waals surface area contributed by atoms with E-state index in [0.717, 1.165) is 22.2 Å². The Morgan fingerprint density at radius 2 is 1.71 bits per heavy atom. The van der Waals surface area contributed by atoms with Crippen LogP contribution in [0.3, 0.4) is 0 Å². The number of hydrogen-bond donors (Lipinski definition) is 1. The number of para-hydroxylation sites is 2. The molecule has 3 heterocycles. The van der Waals surface area contributed by atoms with Gasteiger partial charge in [-0.15, -0.1) is 0 Å². The lowest BCUT2D eigenvalue weighted by Crippen LogP contribution is -2.42. The fraction of sp³-hybridized carbons (Fsp3) is 0.192. The highest BCUT2D eigenvalue weighted by molar-refractivity contribution is 6.01. The van der Waals surface area contributed by atoms with E-state index in [1.807, 2.05) is 87.2 Å². The second-order valence-electron chi connectivity index (χ2n) is 8.03. The molecule has 4 aromatic rings. The fourth-order valence-corrected chi connectivity index (χ4v) is 4.17. The molecule has 0 radical (unpaired) electrons. The highest BCUT2D eigenvalue weighted by Crippen LogP contribution is 2.20. The molecule has 1 fully saturated rings. The number of carbonyl (C=O) groups excluding carboxylic acids is 2. The summed E-state index contributed by atoms with van der Waals surface area (Å²) in [7, 11) is 0. The summed E-state index contributed by atoms with van der Waals surface area (Å²) in [4.78, 5) is 27.4. The number of hydrogen-bond acceptors (Lipinski definition) is 4. The van der Waals surface area contributed by atoms with Crippen LogP contribution in [0, 0.1) is 0 Å². The molecule has 2 amide bonds. The molecule has 0 aliphatic carbocycles. The Labute approximate surface area is 197 Å². The molecule has 172 valence electrons. The third-order valence-corrected chi connectivity index (χ3v) is 5.89. The van der Waals surface area contributed by atoms with Crippen LogP contribution in [0.5, 0.6) is 0 Å². The van der Waals surface area contributed by atoms with Gasteiger partial charge in [0.25, 0.3) is 5.91 Å². The van der Waals surface area contributed by atoms with Gasteiger partial charge in [-0.3, -0.25) is 9.59 Å². The summed E-state index contributed by atoms with van der Waals surface area (Å²) in [6.07, 6.45) is 7.30. The lowest BCUT2D eigenvalue weighted by molar-refractivity contribution is -0.135. The van der Waals surface area contributed by atoms with Crippen LogP contribution in [-0.4, -0.2) is 58.4 Å². The van der Waals surface area contributed by atoms with Crippen LogP contribution in [0.15, 0.2) is 84.4 Å². The maximum atomic E-state index is 12.8. The average Bonchev–Trinajstić information content (AvgIpc) is 3.54. The Kier molecular flexibility index (Phi) is 6.22. The second-order valence-corrected chi connectivity index (χ2v) is 8.03. The summed E-state index contributed by atoms with van der Waals surface area (Å²) in [5.74, 6) is -0.241. The number of nitrogens with one attached hydrogen (secondary N) is 1. The maximum Gasteiger partial charge on any atom is 0.273 e. The lowest BCUT2D eigenvalue weighted by atomic mass is 10.1. The molecular formula is C26H25N5O3. The molecule has 2 aromatic carbocycles. The average molecular weight is 456 g/mol. The predicted molar refractivity (Wildman–Crippen MR) is 130 cm³/mol. The van der Waals surface area contributed by atoms with Crippen molar-refractivity contribution >= 4 is 28.9 Å². The number of aromatic nitrogens is 2. The highest BCUT2D eigenvalue weighted by Gasteiger charge is 2.18. The van der Waals surface area contributed by atoms with E-state index in [2.05, 4.69) is 10.5 Å². The molecule has 0 spiro atoms. The van der Waals surface area contributed by atoms with Gasteiger partial charge in [-0.2, -0.15) is 5.10 Å². The zero-order valence-corrected chi connectivity index (χ0v) is 18.6. The number of rotatable bonds is 6. The van der Waals surface area contributed by atoms with E-state index in [0.29, 0.717) is 31.9 Å². The van der Waals surface area contributed by atoms with Crippen LogP contribution in [0.2, 0.25) is 0 Å². The molecule has 1 aliphatic rings. The van der Waals surface area contributed by atoms with Gasteiger partial charge in [-0.05, 0) is 30.3 Å². The van der Waals surface area contributed by atoms with E-state index in [4.69, 9.17) is 4.74 Å². The number of ether oxygens (including phenoxy) is 1. The number of amides is 2. The van der Waals surface area contributed by atoms with Gasteiger partial charge in [0.1, 0.15) is 6.54 Å². The van der Waals surface area contributed by atoms with Gasteiger partial charge in [-0.25, -0.2) is 5.43 Å². The molecule has 0 bridgehead atoms. The van der Waals surface area contributed by atoms with Gasteiger partial charge in [0.05, 0.1) is 30.7 Å². The minimum absolute atomic E-state index is 0.0578. The first-order valence-corrected chi connectivity index (χ1v) is 11.2. The van der Waals surface area contributed by atoms with E-state index in [1.165, 1.54) is 0 Å². The Morgan fingerprint density at radius 1 is 0.971 bits per heavy atom. The molecule has 1 N–H and O–H groups in total. The summed E-state index contributed by atoms with van der Waals surface area (Å²) in [5, 5.41) is 5.17. The SMILES string of the molecule is O=C(NN=Cc1cn(CC(=O)N2CCOCC2)c2ccccc12)c1ccccc1-n1cccc1. The van der Waals surface area contributed by atoms with Crippen molar-refractivity contribution in [3.05, 3.63) is 90.4 Å². The van der Waals surface area contributed by atoms with E-state index in [9.17, 15) is 9.59 Å². The van der Waals surface area contributed by atoms with Crippen molar-refractivity contribution in [1.29, 1.82) is 0 Å². The second kappa shape index (κ2) is 9.76. The standard InChI is InChI=1S/C26H25N5O3/c32-25(30-13-15-34-16-14-30)19-31-18-20(21-7-1-3-9-23(21)31)17-27-28-26(33)22-8-2-4-10-24(22)29-11-5-6-12-29/h1-12,17-18H,13-16,19H2,(H,28,33). The summed E-state index contributed by atoms with van der Waals surface area (Å²) in [6, 6.07) is 19.0. The van der Waals surface area contributed by atoms with E-state index < -0.39 is 0 Å². The first-order valence-electron chi connectivity index (χ1n) is 11.2. The molecule has 1 saturated heterocycles. The molecular weight excluding hydrogens is 430 g/mol. The largest absolute Gasteiger partial charge is 0.378 e. The van der Waals surface area contributed by atoms with Crippen molar-refractivity contribution in [1.82, 2.24) is 19.5 Å². The van der Waals surface area contributed by atoms with Crippen LogP contribution in [0.4, 0.5) is 0 Å². The third-order valence-electron chi connectivity index (χ3n) is 5.89. The van der Waals surface area contributed by atoms with Crippen LogP contribution >= 0.6 is 0 Å². The first-order chi connectivity index (χ1) is 16.7. The number of nitrogens with zero attached hydrogens (tertiary/aromatic N) is 4. The van der Waals surface area contributed by atoms with Gasteiger partial charge in [0.2, 0.25) is 5.91 Å². The first kappa shape index (κ1) is 21.7. The van der Waals surface area contributed by atoms with E-state index in [-0.39, 0.29) is 18.4 Å². The summed E-state index contributed by atoms with van der Waals surface area (Å²) in [5.41, 5.74) is 5.70. The summed E-state index contributed by atoms with van der Waals surface area (Å²) in [6.45, 7) is 2.61. The minimum atomic E-state index is -0.299. The highest BCUT2D eigenvalue weighted by atomic mass is 16.5. The molecule has 5 rings (SSSR count). The topological polar surface area (TPSA) is 80.9 Å². The number of fused-ring (bicyclic) bond motifs is 1. The van der Waals surface area contributed by atoms with Crippen LogP contribution in [-0.2, 0) is 16.1 Å². The Bertz CT molecular complexity index is 1330. The summed E-state index contributed by atoms with van der Waals surface area (Å²) >= 11 is 0. The molecule has 34 heavy (non-hydrogen) atoms. The van der Waals surface area contributed by atoms with Gasteiger partial charge >= 0.3 is 0 Å². The van der Waals surface area contributed by atoms with Crippen molar-refractivity contribution in [2.45, 2.75) is 6.54 Å². The van der Waals surface area contributed by atoms with Crippen LogP contribution in [0.25, 0.3) is 16.6 Å². The maximum absolute atomic E-state index is 12.8. The van der Waals surface area contributed by atoms with Gasteiger partial charge in [-0.1, -0.05) is 30.3 Å².